The maximum absolute atomic E-state index is 12.8. The predicted molar refractivity (Wildman–Crippen MR) is 65.6 cm³/mol. The number of methoxy groups -OCH3 is 1. The van der Waals surface area contributed by atoms with Gasteiger partial charge in [0, 0.05) is 7.11 Å². The van der Waals surface area contributed by atoms with Gasteiger partial charge in [0.2, 0.25) is 0 Å². The van der Waals surface area contributed by atoms with Crippen molar-refractivity contribution >= 4 is 21.8 Å². The maximum Gasteiger partial charge on any atom is 0.281 e. The monoisotopic (exact) mass is 321 g/mol. The van der Waals surface area contributed by atoms with Gasteiger partial charge in [-0.1, -0.05) is 0 Å². The molecule has 1 aromatic carbocycles. The van der Waals surface area contributed by atoms with Gasteiger partial charge in [0.05, 0.1) is 17.7 Å². The zero-order valence-corrected chi connectivity index (χ0v) is 11.3. The first-order chi connectivity index (χ1) is 8.63. The molecule has 0 aliphatic carbocycles. The van der Waals surface area contributed by atoms with Gasteiger partial charge in [-0.3, -0.25) is 9.63 Å². The van der Waals surface area contributed by atoms with Crippen LogP contribution in [0.2, 0.25) is 0 Å². The van der Waals surface area contributed by atoms with Crippen LogP contribution >= 0.6 is 15.9 Å². The molecule has 18 heavy (non-hydrogen) atoms. The SMILES string of the molecule is COCCONC(=O)COc1ccc(F)cc1Br. The average molecular weight is 322 g/mol. The van der Waals surface area contributed by atoms with Crippen LogP contribution in [0.4, 0.5) is 4.39 Å². The Morgan fingerprint density at radius 1 is 1.44 bits per heavy atom. The summed E-state index contributed by atoms with van der Waals surface area (Å²) in [5.41, 5.74) is 2.19. The number of ether oxygens (including phenoxy) is 2. The van der Waals surface area contributed by atoms with Crippen molar-refractivity contribution < 1.29 is 23.5 Å². The van der Waals surface area contributed by atoms with Gasteiger partial charge in [-0.05, 0) is 34.1 Å². The first kappa shape index (κ1) is 14.9. The summed E-state index contributed by atoms with van der Waals surface area (Å²) < 4.78 is 23.1. The molecule has 0 bridgehead atoms. The maximum atomic E-state index is 12.8. The zero-order chi connectivity index (χ0) is 13.4. The number of hydrogen-bond donors (Lipinski definition) is 1. The molecule has 0 fully saturated rings. The van der Waals surface area contributed by atoms with E-state index in [1.807, 2.05) is 0 Å². The second-order valence-electron chi connectivity index (χ2n) is 3.23. The minimum absolute atomic E-state index is 0.225. The van der Waals surface area contributed by atoms with Crippen molar-refractivity contribution in [2.75, 3.05) is 26.9 Å². The number of hydrogen-bond acceptors (Lipinski definition) is 4. The number of nitrogens with one attached hydrogen (secondary N) is 1. The summed E-state index contributed by atoms with van der Waals surface area (Å²) in [5.74, 6) is -0.452. The van der Waals surface area contributed by atoms with Crippen molar-refractivity contribution in [2.45, 2.75) is 0 Å². The Morgan fingerprint density at radius 3 is 2.89 bits per heavy atom. The molecule has 0 aromatic heterocycles. The molecule has 5 nitrogen and oxygen atoms in total. The molecule has 0 saturated heterocycles. The predicted octanol–water partition coefficient (Wildman–Crippen LogP) is 1.66. The minimum Gasteiger partial charge on any atom is -0.483 e. The quantitative estimate of drug-likeness (QED) is 0.613. The standard InChI is InChI=1S/C11H13BrFNO4/c1-16-4-5-18-14-11(15)7-17-10-3-2-8(13)6-9(10)12/h2-3,6H,4-5,7H2,1H3,(H,14,15). The molecule has 0 saturated carbocycles. The Bertz CT molecular complexity index is 403. The molecule has 0 atom stereocenters. The summed E-state index contributed by atoms with van der Waals surface area (Å²) in [4.78, 5) is 16.1. The molecule has 1 amide bonds. The normalized spacial score (nSPS) is 10.2. The van der Waals surface area contributed by atoms with E-state index in [1.54, 1.807) is 0 Å². The van der Waals surface area contributed by atoms with E-state index < -0.39 is 5.91 Å². The molecule has 0 aliphatic heterocycles. The lowest BCUT2D eigenvalue weighted by Crippen LogP contribution is -2.30. The fraction of sp³-hybridized carbons (Fsp3) is 0.364. The molecule has 7 heteroatoms. The lowest BCUT2D eigenvalue weighted by molar-refractivity contribution is -0.136. The summed E-state index contributed by atoms with van der Waals surface area (Å²) in [6, 6.07) is 3.92. The number of carbonyl (C=O) groups excluding carboxylic acids is 1. The van der Waals surface area contributed by atoms with Crippen LogP contribution < -0.4 is 10.2 Å². The highest BCUT2D eigenvalue weighted by molar-refractivity contribution is 9.10. The van der Waals surface area contributed by atoms with Crippen molar-refractivity contribution in [1.82, 2.24) is 5.48 Å². The van der Waals surface area contributed by atoms with Crippen LogP contribution in [0.1, 0.15) is 0 Å². The van der Waals surface area contributed by atoms with Crippen molar-refractivity contribution in [2.24, 2.45) is 0 Å². The van der Waals surface area contributed by atoms with Crippen molar-refractivity contribution in [3.8, 4) is 5.75 Å². The van der Waals surface area contributed by atoms with Gasteiger partial charge in [-0.15, -0.1) is 0 Å². The molecule has 100 valence electrons. The topological polar surface area (TPSA) is 56.8 Å². The van der Waals surface area contributed by atoms with Crippen LogP contribution in [0.5, 0.6) is 5.75 Å². The van der Waals surface area contributed by atoms with Crippen LogP contribution in [0.15, 0.2) is 22.7 Å². The third-order valence-corrected chi connectivity index (χ3v) is 2.45. The Hall–Kier alpha value is -1.18. The molecule has 0 aliphatic rings. The van der Waals surface area contributed by atoms with Crippen LogP contribution in [-0.4, -0.2) is 32.8 Å². The van der Waals surface area contributed by atoms with E-state index in [9.17, 15) is 9.18 Å². The van der Waals surface area contributed by atoms with Gasteiger partial charge in [-0.25, -0.2) is 9.87 Å². The number of amides is 1. The van der Waals surface area contributed by atoms with Crippen LogP contribution in [0.25, 0.3) is 0 Å². The lowest BCUT2D eigenvalue weighted by Gasteiger charge is -2.08. The van der Waals surface area contributed by atoms with Crippen molar-refractivity contribution in [1.29, 1.82) is 0 Å². The molecule has 1 aromatic rings. The molecule has 1 rings (SSSR count). The third-order valence-electron chi connectivity index (χ3n) is 1.83. The second-order valence-corrected chi connectivity index (χ2v) is 4.08. The van der Waals surface area contributed by atoms with E-state index in [0.717, 1.165) is 0 Å². The van der Waals surface area contributed by atoms with Gasteiger partial charge >= 0.3 is 0 Å². The zero-order valence-electron chi connectivity index (χ0n) is 9.74. The number of carbonyl (C=O) groups is 1. The summed E-state index contributed by atoms with van der Waals surface area (Å²) >= 11 is 3.13. The van der Waals surface area contributed by atoms with E-state index in [1.165, 1.54) is 25.3 Å². The summed E-state index contributed by atoms with van der Waals surface area (Å²) in [6.45, 7) is 0.407. The molecular weight excluding hydrogens is 309 g/mol. The van der Waals surface area contributed by atoms with E-state index in [0.29, 0.717) is 16.8 Å². The van der Waals surface area contributed by atoms with E-state index >= 15 is 0 Å². The van der Waals surface area contributed by atoms with Gasteiger partial charge < -0.3 is 9.47 Å². The van der Waals surface area contributed by atoms with Gasteiger partial charge in [0.15, 0.2) is 6.61 Å². The molecule has 1 N–H and O–H groups in total. The Kier molecular flexibility index (Phi) is 6.63. The smallest absolute Gasteiger partial charge is 0.281 e. The summed E-state index contributed by atoms with van der Waals surface area (Å²) in [5, 5.41) is 0. The molecule has 0 spiro atoms. The summed E-state index contributed by atoms with van der Waals surface area (Å²) in [6.07, 6.45) is 0. The van der Waals surface area contributed by atoms with Gasteiger partial charge in [0.1, 0.15) is 11.6 Å². The highest BCUT2D eigenvalue weighted by atomic mass is 79.9. The minimum atomic E-state index is -0.442. The molecule has 0 heterocycles. The first-order valence-corrected chi connectivity index (χ1v) is 5.90. The molecule has 0 unspecified atom stereocenters. The Morgan fingerprint density at radius 2 is 2.22 bits per heavy atom. The van der Waals surface area contributed by atoms with Gasteiger partial charge in [0.25, 0.3) is 5.91 Å². The van der Waals surface area contributed by atoms with Crippen LogP contribution in [0.3, 0.4) is 0 Å². The van der Waals surface area contributed by atoms with Crippen molar-refractivity contribution in [3.05, 3.63) is 28.5 Å². The first-order valence-electron chi connectivity index (χ1n) is 5.11. The van der Waals surface area contributed by atoms with Crippen LogP contribution in [-0.2, 0) is 14.4 Å². The highest BCUT2D eigenvalue weighted by Gasteiger charge is 2.06. The van der Waals surface area contributed by atoms with E-state index in [4.69, 9.17) is 14.3 Å². The Labute approximate surface area is 112 Å². The molecular formula is C11H13BrFNO4. The lowest BCUT2D eigenvalue weighted by atomic mass is 10.3. The number of rotatable bonds is 7. The number of hydroxylamine groups is 1. The average Bonchev–Trinajstić information content (AvgIpc) is 2.33. The largest absolute Gasteiger partial charge is 0.483 e. The summed E-state index contributed by atoms with van der Waals surface area (Å²) in [7, 11) is 1.53. The van der Waals surface area contributed by atoms with Crippen molar-refractivity contribution in [3.63, 3.8) is 0 Å². The van der Waals surface area contributed by atoms with Gasteiger partial charge in [-0.2, -0.15) is 0 Å². The third kappa shape index (κ3) is 5.44. The van der Waals surface area contributed by atoms with E-state index in [-0.39, 0.29) is 19.0 Å². The fourth-order valence-corrected chi connectivity index (χ4v) is 1.49. The highest BCUT2D eigenvalue weighted by Crippen LogP contribution is 2.25. The second kappa shape index (κ2) is 8.02. The fourth-order valence-electron chi connectivity index (χ4n) is 1.02. The Balaban J connectivity index is 2.29. The van der Waals surface area contributed by atoms with E-state index in [2.05, 4.69) is 21.4 Å². The van der Waals surface area contributed by atoms with Crippen LogP contribution in [0, 0.1) is 5.82 Å². The number of halogens is 2. The number of benzene rings is 1. The molecule has 0 radical (unpaired) electrons.